The molecule has 2 heterocycles. The van der Waals surface area contributed by atoms with Gasteiger partial charge < -0.3 is 4.57 Å². The Balaban J connectivity index is 1.88. The molecule has 0 atom stereocenters. The molecule has 0 amide bonds. The molecule has 0 aliphatic rings. The zero-order valence-electron chi connectivity index (χ0n) is 12.2. The number of hydrogen-bond donors (Lipinski definition) is 1. The highest BCUT2D eigenvalue weighted by molar-refractivity contribution is 9.10. The van der Waals surface area contributed by atoms with Gasteiger partial charge in [0.2, 0.25) is 0 Å². The van der Waals surface area contributed by atoms with Crippen LogP contribution in [0.1, 0.15) is 0 Å². The Hall–Kier alpha value is -2.55. The second kappa shape index (κ2) is 6.29. The van der Waals surface area contributed by atoms with Gasteiger partial charge in [0.25, 0.3) is 5.56 Å². The molecule has 0 radical (unpaired) electrons. The Morgan fingerprint density at radius 2 is 2.00 bits per heavy atom. The molecule has 9 heteroatoms. The topological polar surface area (TPSA) is 97.4 Å². The van der Waals surface area contributed by atoms with Gasteiger partial charge in [-0.05, 0) is 28.1 Å². The molecule has 1 N–H and O–H groups in total. The largest absolute Gasteiger partial charge is 0.329 e. The van der Waals surface area contributed by atoms with Crippen molar-refractivity contribution in [2.75, 3.05) is 6.54 Å². The van der Waals surface area contributed by atoms with Crippen molar-refractivity contribution in [1.82, 2.24) is 19.1 Å². The second-order valence-electron chi connectivity index (χ2n) is 4.82. The second-order valence-corrected chi connectivity index (χ2v) is 5.53. The summed E-state index contributed by atoms with van der Waals surface area (Å²) in [5.74, 6) is 0. The molecule has 0 aliphatic carbocycles. The van der Waals surface area contributed by atoms with Crippen molar-refractivity contribution in [3.05, 3.63) is 55.9 Å². The minimum absolute atomic E-state index is 0.325. The van der Waals surface area contributed by atoms with Crippen molar-refractivity contribution in [1.29, 1.82) is 0 Å². The van der Waals surface area contributed by atoms with Crippen LogP contribution < -0.4 is 11.2 Å². The van der Waals surface area contributed by atoms with Gasteiger partial charge in [0.05, 0.1) is 12.2 Å². The van der Waals surface area contributed by atoms with Crippen LogP contribution in [-0.2, 0) is 13.6 Å². The molecule has 2 aromatic heterocycles. The van der Waals surface area contributed by atoms with Gasteiger partial charge in [0, 0.05) is 13.6 Å². The molecule has 0 saturated carbocycles. The van der Waals surface area contributed by atoms with E-state index in [0.717, 1.165) is 5.69 Å². The number of nitrogens with one attached hydrogen (secondary N) is 1. The van der Waals surface area contributed by atoms with E-state index in [4.69, 9.17) is 0 Å². The average molecular weight is 377 g/mol. The van der Waals surface area contributed by atoms with E-state index in [-0.39, 0.29) is 0 Å². The summed E-state index contributed by atoms with van der Waals surface area (Å²) >= 11 is 3.31. The first-order chi connectivity index (χ1) is 11.1. The normalized spacial score (nSPS) is 11.6. The lowest BCUT2D eigenvalue weighted by Crippen LogP contribution is -2.29. The molecule has 0 saturated heterocycles. The van der Waals surface area contributed by atoms with E-state index in [1.807, 2.05) is 30.3 Å². The van der Waals surface area contributed by atoms with E-state index in [1.165, 1.54) is 4.57 Å². The van der Waals surface area contributed by atoms with Crippen LogP contribution in [0.15, 0.2) is 54.9 Å². The van der Waals surface area contributed by atoms with Gasteiger partial charge >= 0.3 is 5.69 Å². The van der Waals surface area contributed by atoms with Crippen LogP contribution in [0.5, 0.6) is 0 Å². The number of azo groups is 1. The van der Waals surface area contributed by atoms with E-state index < -0.39 is 11.2 Å². The first-order valence-electron chi connectivity index (χ1n) is 6.85. The van der Waals surface area contributed by atoms with Gasteiger partial charge in [-0.1, -0.05) is 18.2 Å². The van der Waals surface area contributed by atoms with Crippen molar-refractivity contribution in [3.8, 4) is 0 Å². The van der Waals surface area contributed by atoms with Gasteiger partial charge in [0.1, 0.15) is 0 Å². The number of rotatable bonds is 4. The third-order valence-electron chi connectivity index (χ3n) is 3.33. The number of aromatic nitrogens is 4. The van der Waals surface area contributed by atoms with Crippen LogP contribution in [0.3, 0.4) is 0 Å². The van der Waals surface area contributed by atoms with Crippen LogP contribution in [0, 0.1) is 0 Å². The van der Waals surface area contributed by atoms with E-state index in [9.17, 15) is 9.59 Å². The maximum Gasteiger partial charge on any atom is 0.329 e. The van der Waals surface area contributed by atoms with Crippen LogP contribution in [-0.4, -0.2) is 25.6 Å². The van der Waals surface area contributed by atoms with Crippen molar-refractivity contribution in [2.45, 2.75) is 6.54 Å². The van der Waals surface area contributed by atoms with Gasteiger partial charge in [-0.25, -0.2) is 9.78 Å². The zero-order chi connectivity index (χ0) is 16.4. The number of fused-ring (bicyclic) bond motifs is 1. The molecule has 3 aromatic rings. The molecule has 3 rings (SSSR count). The number of benzene rings is 1. The maximum atomic E-state index is 12.0. The Labute approximate surface area is 138 Å². The lowest BCUT2D eigenvalue weighted by molar-refractivity contribution is 0.693. The lowest BCUT2D eigenvalue weighted by atomic mass is 10.3. The number of halogens is 1. The third-order valence-corrected chi connectivity index (χ3v) is 3.93. The first kappa shape index (κ1) is 15.3. The molecule has 0 fully saturated rings. The third kappa shape index (κ3) is 3.00. The minimum atomic E-state index is -0.497. The number of aromatic amines is 1. The number of hydrogen-bond acceptors (Lipinski definition) is 5. The number of H-pyrrole nitrogens is 1. The molecule has 118 valence electrons. The van der Waals surface area contributed by atoms with Crippen LogP contribution >= 0.6 is 15.9 Å². The zero-order valence-corrected chi connectivity index (χ0v) is 13.8. The first-order valence-corrected chi connectivity index (χ1v) is 7.65. The fourth-order valence-corrected chi connectivity index (χ4v) is 2.71. The van der Waals surface area contributed by atoms with E-state index in [1.54, 1.807) is 11.6 Å². The number of nitrogens with zero attached hydrogens (tertiary/aromatic N) is 5. The van der Waals surface area contributed by atoms with Crippen LogP contribution in [0.25, 0.3) is 11.2 Å². The van der Waals surface area contributed by atoms with Gasteiger partial charge in [-0.3, -0.25) is 14.3 Å². The molecule has 8 nitrogen and oxygen atoms in total. The Kier molecular flexibility index (Phi) is 4.20. The Morgan fingerprint density at radius 1 is 1.26 bits per heavy atom. The summed E-state index contributed by atoms with van der Waals surface area (Å²) < 4.78 is 3.43. The SMILES string of the molecule is Cn1c(=O)[nH]c(=O)c2c1nc(Br)n2CCN=Nc1ccccc1. The predicted octanol–water partition coefficient (Wildman–Crippen LogP) is 1.97. The molecular weight excluding hydrogens is 364 g/mol. The number of aryl methyl sites for hydroxylation is 1. The van der Waals surface area contributed by atoms with Crippen molar-refractivity contribution < 1.29 is 0 Å². The summed E-state index contributed by atoms with van der Waals surface area (Å²) in [4.78, 5) is 30.1. The molecule has 0 bridgehead atoms. The Bertz CT molecular complexity index is 986. The van der Waals surface area contributed by atoms with Crippen LogP contribution in [0.2, 0.25) is 0 Å². The lowest BCUT2D eigenvalue weighted by Gasteiger charge is -2.02. The van der Waals surface area contributed by atoms with Crippen molar-refractivity contribution in [2.24, 2.45) is 17.3 Å². The van der Waals surface area contributed by atoms with E-state index in [0.29, 0.717) is 29.0 Å². The fraction of sp³-hybridized carbons (Fsp3) is 0.214. The number of imidazole rings is 1. The van der Waals surface area contributed by atoms with Crippen LogP contribution in [0.4, 0.5) is 5.69 Å². The van der Waals surface area contributed by atoms with Gasteiger partial charge in [0.15, 0.2) is 15.9 Å². The monoisotopic (exact) mass is 376 g/mol. The minimum Gasteiger partial charge on any atom is -0.311 e. The smallest absolute Gasteiger partial charge is 0.311 e. The highest BCUT2D eigenvalue weighted by Gasteiger charge is 2.15. The molecule has 1 aromatic carbocycles. The molecule has 0 spiro atoms. The van der Waals surface area contributed by atoms with Gasteiger partial charge in [-0.15, -0.1) is 0 Å². The molecule has 23 heavy (non-hydrogen) atoms. The average Bonchev–Trinajstić information content (AvgIpc) is 2.88. The van der Waals surface area contributed by atoms with Crippen molar-refractivity contribution in [3.63, 3.8) is 0 Å². The highest BCUT2D eigenvalue weighted by Crippen LogP contribution is 2.16. The summed E-state index contributed by atoms with van der Waals surface area (Å²) in [5, 5.41) is 8.21. The van der Waals surface area contributed by atoms with Crippen molar-refractivity contribution >= 4 is 32.8 Å². The maximum absolute atomic E-state index is 12.0. The summed E-state index contributed by atoms with van der Waals surface area (Å²) in [6.07, 6.45) is 0. The summed E-state index contributed by atoms with van der Waals surface area (Å²) in [5.41, 5.74) is 0.450. The molecular formula is C14H13BrN6O2. The van der Waals surface area contributed by atoms with Gasteiger partial charge in [-0.2, -0.15) is 10.2 Å². The highest BCUT2D eigenvalue weighted by atomic mass is 79.9. The standard InChI is InChI=1S/C14H13BrN6O2/c1-20-11-10(12(22)18-14(20)23)21(13(15)17-11)8-7-16-19-9-5-3-2-4-6-9/h2-6H,7-8H2,1H3,(H,18,22,23). The quantitative estimate of drug-likeness (QED) is 0.556. The van der Waals surface area contributed by atoms with E-state index >= 15 is 0 Å². The molecule has 0 aliphatic heterocycles. The summed E-state index contributed by atoms with van der Waals surface area (Å²) in [6, 6.07) is 9.38. The fourth-order valence-electron chi connectivity index (χ4n) is 2.18. The summed E-state index contributed by atoms with van der Waals surface area (Å²) in [7, 11) is 1.56. The summed E-state index contributed by atoms with van der Waals surface area (Å²) in [6.45, 7) is 0.788. The predicted molar refractivity (Wildman–Crippen MR) is 89.1 cm³/mol. The Morgan fingerprint density at radius 3 is 2.74 bits per heavy atom. The van der Waals surface area contributed by atoms with E-state index in [2.05, 4.69) is 36.1 Å². The molecule has 0 unspecified atom stereocenters.